The van der Waals surface area contributed by atoms with Crippen LogP contribution >= 0.6 is 11.6 Å². The maximum Gasteiger partial charge on any atom is 0.283 e. The van der Waals surface area contributed by atoms with Gasteiger partial charge in [-0.25, -0.2) is 8.42 Å². The molecule has 0 spiro atoms. The molecule has 196 valence electrons. The second-order valence-corrected chi connectivity index (χ2v) is 12.5. The quantitative estimate of drug-likeness (QED) is 0.242. The molecule has 0 N–H and O–H groups in total. The Morgan fingerprint density at radius 2 is 1.41 bits per heavy atom. The van der Waals surface area contributed by atoms with Crippen molar-refractivity contribution in [3.05, 3.63) is 89.5 Å². The van der Waals surface area contributed by atoms with E-state index in [0.29, 0.717) is 11.3 Å². The van der Waals surface area contributed by atoms with E-state index < -0.39 is 26.2 Å². The van der Waals surface area contributed by atoms with E-state index in [2.05, 4.69) is 4.40 Å². The highest BCUT2D eigenvalue weighted by atomic mass is 35.5. The Kier molecular flexibility index (Phi) is 7.94. The maximum atomic E-state index is 13.7. The van der Waals surface area contributed by atoms with E-state index in [1.54, 1.807) is 72.7 Å². The first-order valence-electron chi connectivity index (χ1n) is 11.5. The van der Waals surface area contributed by atoms with Gasteiger partial charge in [0.1, 0.15) is 17.8 Å². The number of amidine groups is 1. The van der Waals surface area contributed by atoms with Gasteiger partial charge in [-0.1, -0.05) is 47.5 Å². The summed E-state index contributed by atoms with van der Waals surface area (Å²) in [4.78, 5) is 1.81. The average Bonchev–Trinajstić information content (AvgIpc) is 3.34. The molecule has 1 fully saturated rings. The predicted octanol–water partition coefficient (Wildman–Crippen LogP) is 4.34. The molecule has 1 saturated heterocycles. The number of hydrogen-bond acceptors (Lipinski definition) is 5. The number of benzene rings is 3. The Labute approximate surface area is 223 Å². The number of aryl methyl sites for hydroxylation is 2. The van der Waals surface area contributed by atoms with Crippen LogP contribution in [0.1, 0.15) is 22.9 Å². The van der Waals surface area contributed by atoms with Crippen LogP contribution in [0.25, 0.3) is 0 Å². The highest BCUT2D eigenvalue weighted by Gasteiger charge is 2.42. The largest absolute Gasteiger partial charge is 0.497 e. The van der Waals surface area contributed by atoms with Gasteiger partial charge in [0.05, 0.1) is 22.8 Å². The lowest BCUT2D eigenvalue weighted by Crippen LogP contribution is -2.39. The van der Waals surface area contributed by atoms with Crippen LogP contribution < -0.4 is 4.74 Å². The summed E-state index contributed by atoms with van der Waals surface area (Å²) in [5.41, 5.74) is 2.47. The van der Waals surface area contributed by atoms with E-state index in [0.717, 1.165) is 11.1 Å². The second-order valence-electron chi connectivity index (χ2n) is 8.70. The molecule has 3 aromatic carbocycles. The van der Waals surface area contributed by atoms with Crippen LogP contribution in [0.4, 0.5) is 0 Å². The fourth-order valence-corrected chi connectivity index (χ4v) is 7.04. The third kappa shape index (κ3) is 5.67. The van der Waals surface area contributed by atoms with E-state index in [1.165, 1.54) is 16.4 Å². The molecule has 1 aliphatic heterocycles. The molecule has 1 atom stereocenters. The summed E-state index contributed by atoms with van der Waals surface area (Å²) in [5.74, 6) is 0.440. The summed E-state index contributed by atoms with van der Waals surface area (Å²) in [6.45, 7) is 4.06. The summed E-state index contributed by atoms with van der Waals surface area (Å²) in [7, 11) is -6.47. The Bertz CT molecular complexity index is 1490. The first kappa shape index (κ1) is 27.1. The highest BCUT2D eigenvalue weighted by molar-refractivity contribution is 7.90. The van der Waals surface area contributed by atoms with E-state index in [4.69, 9.17) is 16.3 Å². The Morgan fingerprint density at radius 3 is 1.92 bits per heavy atom. The summed E-state index contributed by atoms with van der Waals surface area (Å²) in [5, 5.41) is 0. The summed E-state index contributed by atoms with van der Waals surface area (Å²) in [6, 6.07) is 19.9. The maximum absolute atomic E-state index is 13.7. The number of ether oxygens (including phenoxy) is 1. The molecule has 0 amide bonds. The first-order valence-corrected chi connectivity index (χ1v) is 14.9. The fourth-order valence-electron chi connectivity index (χ4n) is 4.15. The number of alkyl halides is 1. The van der Waals surface area contributed by atoms with Gasteiger partial charge in [0.25, 0.3) is 10.0 Å². The number of sulfonamides is 2. The van der Waals surface area contributed by atoms with E-state index in [9.17, 15) is 16.8 Å². The zero-order valence-corrected chi connectivity index (χ0v) is 23.1. The van der Waals surface area contributed by atoms with Crippen molar-refractivity contribution in [2.75, 3.05) is 26.1 Å². The van der Waals surface area contributed by atoms with Crippen LogP contribution in [-0.2, 0) is 20.0 Å². The van der Waals surface area contributed by atoms with Crippen molar-refractivity contribution in [3.63, 3.8) is 0 Å². The molecule has 0 aromatic heterocycles. The lowest BCUT2D eigenvalue weighted by Gasteiger charge is -2.31. The SMILES string of the molecule is COc1ccc(C2N(C(CCl)=NS(=O)(=O)c3ccc(C)cc3)CCN2S(=O)(=O)c2ccc(C)cc2)cc1. The highest BCUT2D eigenvalue weighted by Crippen LogP contribution is 2.36. The Hall–Kier alpha value is -2.92. The molecule has 8 nitrogen and oxygen atoms in total. The monoisotopic (exact) mass is 561 g/mol. The van der Waals surface area contributed by atoms with Crippen molar-refractivity contribution < 1.29 is 21.6 Å². The molecule has 4 rings (SSSR count). The second kappa shape index (κ2) is 10.8. The van der Waals surface area contributed by atoms with Gasteiger partial charge in [0.2, 0.25) is 10.0 Å². The average molecular weight is 562 g/mol. The van der Waals surface area contributed by atoms with Crippen molar-refractivity contribution in [1.82, 2.24) is 9.21 Å². The van der Waals surface area contributed by atoms with Crippen LogP contribution in [0.5, 0.6) is 5.75 Å². The molecule has 0 radical (unpaired) electrons. The zero-order chi connectivity index (χ0) is 26.8. The smallest absolute Gasteiger partial charge is 0.283 e. The molecular formula is C26H28ClN3O5S2. The summed E-state index contributed by atoms with van der Waals surface area (Å²) >= 11 is 6.24. The zero-order valence-electron chi connectivity index (χ0n) is 20.7. The number of rotatable bonds is 7. The van der Waals surface area contributed by atoms with Crippen molar-refractivity contribution >= 4 is 37.5 Å². The van der Waals surface area contributed by atoms with Gasteiger partial charge in [-0.2, -0.15) is 12.7 Å². The van der Waals surface area contributed by atoms with Crippen LogP contribution in [0.3, 0.4) is 0 Å². The van der Waals surface area contributed by atoms with Gasteiger partial charge in [-0.3, -0.25) is 0 Å². The molecule has 37 heavy (non-hydrogen) atoms. The van der Waals surface area contributed by atoms with Gasteiger partial charge in [0, 0.05) is 13.1 Å². The predicted molar refractivity (Wildman–Crippen MR) is 144 cm³/mol. The molecule has 0 aliphatic carbocycles. The molecular weight excluding hydrogens is 534 g/mol. The van der Waals surface area contributed by atoms with Crippen LogP contribution in [0.2, 0.25) is 0 Å². The Morgan fingerprint density at radius 1 is 0.865 bits per heavy atom. The van der Waals surface area contributed by atoms with Crippen molar-refractivity contribution in [3.8, 4) is 5.75 Å². The van der Waals surface area contributed by atoms with E-state index in [1.807, 2.05) is 13.8 Å². The number of methoxy groups -OCH3 is 1. The fraction of sp³-hybridized carbons (Fsp3) is 0.269. The summed E-state index contributed by atoms with van der Waals surface area (Å²) < 4.78 is 64.3. The molecule has 1 aliphatic rings. The third-order valence-electron chi connectivity index (χ3n) is 6.17. The van der Waals surface area contributed by atoms with Gasteiger partial charge in [-0.15, -0.1) is 16.0 Å². The van der Waals surface area contributed by atoms with Crippen LogP contribution in [0.15, 0.2) is 87.0 Å². The minimum atomic E-state index is -4.08. The number of hydrogen-bond donors (Lipinski definition) is 0. The van der Waals surface area contributed by atoms with Crippen LogP contribution in [-0.4, -0.2) is 58.0 Å². The number of nitrogens with zero attached hydrogens (tertiary/aromatic N) is 3. The van der Waals surface area contributed by atoms with Crippen molar-refractivity contribution in [2.45, 2.75) is 29.8 Å². The normalized spacial score (nSPS) is 17.2. The molecule has 1 heterocycles. The van der Waals surface area contributed by atoms with Crippen molar-refractivity contribution in [1.29, 1.82) is 0 Å². The summed E-state index contributed by atoms with van der Waals surface area (Å²) in [6.07, 6.45) is -0.858. The third-order valence-corrected chi connectivity index (χ3v) is 9.59. The lowest BCUT2D eigenvalue weighted by atomic mass is 10.1. The minimum Gasteiger partial charge on any atom is -0.497 e. The molecule has 0 bridgehead atoms. The van der Waals surface area contributed by atoms with Gasteiger partial charge in [0.15, 0.2) is 0 Å². The molecule has 0 saturated carbocycles. The molecule has 1 unspecified atom stereocenters. The van der Waals surface area contributed by atoms with E-state index in [-0.39, 0.29) is 34.6 Å². The van der Waals surface area contributed by atoms with Gasteiger partial charge in [-0.05, 0) is 55.8 Å². The molecule has 11 heteroatoms. The lowest BCUT2D eigenvalue weighted by molar-refractivity contribution is 0.284. The topological polar surface area (TPSA) is 96.3 Å². The first-order chi connectivity index (χ1) is 17.6. The minimum absolute atomic E-state index is 0.0324. The number of halogens is 1. The van der Waals surface area contributed by atoms with E-state index >= 15 is 0 Å². The van der Waals surface area contributed by atoms with Gasteiger partial charge >= 0.3 is 0 Å². The standard InChI is InChI=1S/C26H28ClN3O5S2/c1-19-4-12-23(13-5-19)36(31,32)28-25(18-27)29-16-17-30(26(29)21-8-10-22(35-3)11-9-21)37(33,34)24-14-6-20(2)7-15-24/h4-15,26H,16-18H2,1-3H3. The van der Waals surface area contributed by atoms with Crippen LogP contribution in [0, 0.1) is 13.8 Å². The van der Waals surface area contributed by atoms with Gasteiger partial charge < -0.3 is 9.64 Å². The van der Waals surface area contributed by atoms with Crippen molar-refractivity contribution in [2.24, 2.45) is 4.40 Å². The Balaban J connectivity index is 1.80. The molecule has 3 aromatic rings.